The molecule has 0 N–H and O–H groups in total. The van der Waals surface area contributed by atoms with E-state index in [9.17, 15) is 9.59 Å². The lowest BCUT2D eigenvalue weighted by Gasteiger charge is -2.06. The van der Waals surface area contributed by atoms with Gasteiger partial charge in [-0.2, -0.15) is 0 Å². The zero-order valence-corrected chi connectivity index (χ0v) is 10.4. The number of hydrogen-bond donors (Lipinski definition) is 0. The molecule has 0 aliphatic heterocycles. The molecule has 0 aromatic heterocycles. The fourth-order valence-corrected chi connectivity index (χ4v) is 1.83. The molecule has 2 heteroatoms. The average molecular weight is 238 g/mol. The first-order chi connectivity index (χ1) is 8.58. The van der Waals surface area contributed by atoms with Crippen molar-refractivity contribution in [2.75, 3.05) is 0 Å². The van der Waals surface area contributed by atoms with Crippen LogP contribution in [0.3, 0.4) is 0 Å². The number of Topliss-reactive ketones (excluding diaryl/α,β-unsaturated/α-hetero) is 2. The Balaban J connectivity index is 2.61. The standard InChI is InChI=1S/C16H14O2/c1-11(17)14-8-15(12(2)18)10-16(9-14)13-6-4-3-5-7-13/h3-10H,1-2H3. The second kappa shape index (κ2) is 4.96. The van der Waals surface area contributed by atoms with E-state index in [0.717, 1.165) is 11.1 Å². The smallest absolute Gasteiger partial charge is 0.159 e. The van der Waals surface area contributed by atoms with E-state index in [4.69, 9.17) is 0 Å². The Morgan fingerprint density at radius 2 is 1.22 bits per heavy atom. The predicted molar refractivity (Wildman–Crippen MR) is 71.9 cm³/mol. The van der Waals surface area contributed by atoms with Gasteiger partial charge in [-0.25, -0.2) is 0 Å². The van der Waals surface area contributed by atoms with Crippen molar-refractivity contribution < 1.29 is 9.59 Å². The first-order valence-corrected chi connectivity index (χ1v) is 5.80. The fraction of sp³-hybridized carbons (Fsp3) is 0.125. The third kappa shape index (κ3) is 2.54. The summed E-state index contributed by atoms with van der Waals surface area (Å²) in [4.78, 5) is 23.0. The van der Waals surface area contributed by atoms with Crippen molar-refractivity contribution >= 4 is 11.6 Å². The van der Waals surface area contributed by atoms with Gasteiger partial charge in [0.15, 0.2) is 11.6 Å². The minimum absolute atomic E-state index is 0.0321. The van der Waals surface area contributed by atoms with Gasteiger partial charge in [0, 0.05) is 11.1 Å². The van der Waals surface area contributed by atoms with Gasteiger partial charge in [0.2, 0.25) is 0 Å². The molecule has 0 saturated heterocycles. The van der Waals surface area contributed by atoms with Crippen molar-refractivity contribution in [2.24, 2.45) is 0 Å². The molecule has 0 bridgehead atoms. The summed E-state index contributed by atoms with van der Waals surface area (Å²) in [6.07, 6.45) is 0. The monoisotopic (exact) mass is 238 g/mol. The van der Waals surface area contributed by atoms with Crippen LogP contribution >= 0.6 is 0 Å². The number of ketones is 2. The lowest BCUT2D eigenvalue weighted by atomic mass is 9.97. The van der Waals surface area contributed by atoms with Gasteiger partial charge in [-0.15, -0.1) is 0 Å². The molecular weight excluding hydrogens is 224 g/mol. The van der Waals surface area contributed by atoms with E-state index in [1.165, 1.54) is 13.8 Å². The van der Waals surface area contributed by atoms with E-state index in [1.807, 2.05) is 42.5 Å². The van der Waals surface area contributed by atoms with Gasteiger partial charge >= 0.3 is 0 Å². The van der Waals surface area contributed by atoms with E-state index in [1.54, 1.807) is 6.07 Å². The summed E-state index contributed by atoms with van der Waals surface area (Å²) in [5, 5.41) is 0. The molecule has 0 heterocycles. The van der Waals surface area contributed by atoms with Crippen molar-refractivity contribution in [3.8, 4) is 11.1 Å². The third-order valence-electron chi connectivity index (χ3n) is 2.85. The van der Waals surface area contributed by atoms with Crippen LogP contribution in [0.25, 0.3) is 11.1 Å². The summed E-state index contributed by atoms with van der Waals surface area (Å²) in [6, 6.07) is 15.0. The van der Waals surface area contributed by atoms with Crippen molar-refractivity contribution in [1.82, 2.24) is 0 Å². The molecule has 0 aliphatic carbocycles. The number of benzene rings is 2. The van der Waals surface area contributed by atoms with Crippen LogP contribution in [-0.2, 0) is 0 Å². The van der Waals surface area contributed by atoms with Crippen LogP contribution in [0.15, 0.2) is 48.5 Å². The van der Waals surface area contributed by atoms with Gasteiger partial charge in [0.1, 0.15) is 0 Å². The number of rotatable bonds is 3. The molecule has 90 valence electrons. The summed E-state index contributed by atoms with van der Waals surface area (Å²) in [5.41, 5.74) is 3.04. The van der Waals surface area contributed by atoms with Gasteiger partial charge < -0.3 is 0 Å². The Kier molecular flexibility index (Phi) is 3.38. The van der Waals surface area contributed by atoms with E-state index in [2.05, 4.69) is 0 Å². The van der Waals surface area contributed by atoms with E-state index >= 15 is 0 Å². The second-order valence-electron chi connectivity index (χ2n) is 4.28. The Labute approximate surface area is 106 Å². The molecule has 0 radical (unpaired) electrons. The molecule has 2 rings (SSSR count). The molecule has 2 aromatic rings. The fourth-order valence-electron chi connectivity index (χ4n) is 1.83. The average Bonchev–Trinajstić information content (AvgIpc) is 2.39. The van der Waals surface area contributed by atoms with Crippen LogP contribution in [0, 0.1) is 0 Å². The SMILES string of the molecule is CC(=O)c1cc(C(C)=O)cc(-c2ccccc2)c1. The lowest BCUT2D eigenvalue weighted by molar-refractivity contribution is 0.101. The molecule has 0 spiro atoms. The zero-order valence-electron chi connectivity index (χ0n) is 10.4. The van der Waals surface area contributed by atoms with E-state index in [-0.39, 0.29) is 11.6 Å². The molecular formula is C16H14O2. The maximum Gasteiger partial charge on any atom is 0.159 e. The third-order valence-corrected chi connectivity index (χ3v) is 2.85. The molecule has 18 heavy (non-hydrogen) atoms. The largest absolute Gasteiger partial charge is 0.295 e. The lowest BCUT2D eigenvalue weighted by Crippen LogP contribution is -1.99. The van der Waals surface area contributed by atoms with Gasteiger partial charge in [0.05, 0.1) is 0 Å². The van der Waals surface area contributed by atoms with Crippen LogP contribution in [0.2, 0.25) is 0 Å². The normalized spacial score (nSPS) is 10.1. The highest BCUT2D eigenvalue weighted by atomic mass is 16.1. The Morgan fingerprint density at radius 3 is 1.67 bits per heavy atom. The summed E-state index contributed by atoms with van der Waals surface area (Å²) in [5.74, 6) is -0.0643. The molecule has 0 amide bonds. The first-order valence-electron chi connectivity index (χ1n) is 5.80. The molecule has 2 aromatic carbocycles. The maximum absolute atomic E-state index is 11.5. The van der Waals surface area contributed by atoms with Crippen molar-refractivity contribution in [3.05, 3.63) is 59.7 Å². The van der Waals surface area contributed by atoms with Crippen LogP contribution < -0.4 is 0 Å². The summed E-state index contributed by atoms with van der Waals surface area (Å²) in [7, 11) is 0. The van der Waals surface area contributed by atoms with Gasteiger partial charge in [-0.1, -0.05) is 30.3 Å². The Morgan fingerprint density at radius 1 is 0.722 bits per heavy atom. The van der Waals surface area contributed by atoms with Crippen LogP contribution in [0.5, 0.6) is 0 Å². The maximum atomic E-state index is 11.5. The van der Waals surface area contributed by atoms with Crippen molar-refractivity contribution in [1.29, 1.82) is 0 Å². The number of carbonyl (C=O) groups is 2. The molecule has 0 atom stereocenters. The quantitative estimate of drug-likeness (QED) is 0.763. The van der Waals surface area contributed by atoms with Gasteiger partial charge in [-0.05, 0) is 43.2 Å². The molecule has 0 aliphatic rings. The predicted octanol–water partition coefficient (Wildman–Crippen LogP) is 3.76. The van der Waals surface area contributed by atoms with E-state index in [0.29, 0.717) is 11.1 Å². The van der Waals surface area contributed by atoms with Crippen molar-refractivity contribution in [2.45, 2.75) is 13.8 Å². The molecule has 0 saturated carbocycles. The topological polar surface area (TPSA) is 34.1 Å². The Bertz CT molecular complexity index is 565. The highest BCUT2D eigenvalue weighted by Crippen LogP contribution is 2.22. The minimum Gasteiger partial charge on any atom is -0.295 e. The van der Waals surface area contributed by atoms with Crippen LogP contribution in [-0.4, -0.2) is 11.6 Å². The summed E-state index contributed by atoms with van der Waals surface area (Å²) in [6.45, 7) is 3.02. The van der Waals surface area contributed by atoms with E-state index < -0.39 is 0 Å². The highest BCUT2D eigenvalue weighted by molar-refractivity contribution is 6.01. The Hall–Kier alpha value is -2.22. The number of hydrogen-bond acceptors (Lipinski definition) is 2. The summed E-state index contributed by atoms with van der Waals surface area (Å²) < 4.78 is 0. The molecule has 0 fully saturated rings. The highest BCUT2D eigenvalue weighted by Gasteiger charge is 2.08. The van der Waals surface area contributed by atoms with Gasteiger partial charge in [0.25, 0.3) is 0 Å². The minimum atomic E-state index is -0.0321. The molecule has 2 nitrogen and oxygen atoms in total. The summed E-state index contributed by atoms with van der Waals surface area (Å²) >= 11 is 0. The van der Waals surface area contributed by atoms with Crippen molar-refractivity contribution in [3.63, 3.8) is 0 Å². The zero-order chi connectivity index (χ0) is 13.1. The van der Waals surface area contributed by atoms with Crippen LogP contribution in [0.1, 0.15) is 34.6 Å². The number of carbonyl (C=O) groups excluding carboxylic acids is 2. The first kappa shape index (κ1) is 12.2. The second-order valence-corrected chi connectivity index (χ2v) is 4.28. The molecule has 0 unspecified atom stereocenters. The van der Waals surface area contributed by atoms with Crippen LogP contribution in [0.4, 0.5) is 0 Å². The van der Waals surface area contributed by atoms with Gasteiger partial charge in [-0.3, -0.25) is 9.59 Å².